The van der Waals surface area contributed by atoms with Gasteiger partial charge in [0.2, 0.25) is 0 Å². The number of amides is 1. The monoisotopic (exact) mass is 362 g/mol. The molecule has 24 heavy (non-hydrogen) atoms. The predicted octanol–water partition coefficient (Wildman–Crippen LogP) is -0.716. The Hall–Kier alpha value is -1.19. The number of rotatable bonds is 4. The maximum absolute atomic E-state index is 12.4. The van der Waals surface area contributed by atoms with Crippen molar-refractivity contribution in [1.29, 1.82) is 0 Å². The van der Waals surface area contributed by atoms with Crippen molar-refractivity contribution in [3.05, 3.63) is 0 Å². The first-order valence-electron chi connectivity index (χ1n) is 8.23. The molecule has 2 fully saturated rings. The average molecular weight is 362 g/mol. The SMILES string of the molecule is CC1CN(C(=O)C(C)OC(=O)CN2CCS(=O)(=O)CC2)CC(C)O1. The van der Waals surface area contributed by atoms with Crippen molar-refractivity contribution in [1.82, 2.24) is 9.80 Å². The molecule has 2 rings (SSSR count). The summed E-state index contributed by atoms with van der Waals surface area (Å²) < 4.78 is 33.6. The molecule has 2 aliphatic rings. The first kappa shape index (κ1) is 19.1. The summed E-state index contributed by atoms with van der Waals surface area (Å²) in [6.07, 6.45) is -0.949. The van der Waals surface area contributed by atoms with Crippen LogP contribution in [0, 0.1) is 0 Å². The van der Waals surface area contributed by atoms with Gasteiger partial charge in [0.05, 0.1) is 30.3 Å². The van der Waals surface area contributed by atoms with Gasteiger partial charge in [-0.15, -0.1) is 0 Å². The molecule has 0 aromatic carbocycles. The van der Waals surface area contributed by atoms with Gasteiger partial charge in [-0.2, -0.15) is 0 Å². The molecule has 2 saturated heterocycles. The van der Waals surface area contributed by atoms with Gasteiger partial charge in [-0.25, -0.2) is 8.42 Å². The molecule has 2 heterocycles. The first-order chi connectivity index (χ1) is 11.2. The second-order valence-electron chi connectivity index (χ2n) is 6.56. The van der Waals surface area contributed by atoms with Crippen LogP contribution in [0.25, 0.3) is 0 Å². The number of carbonyl (C=O) groups excluding carboxylic acids is 2. The van der Waals surface area contributed by atoms with Crippen LogP contribution < -0.4 is 0 Å². The van der Waals surface area contributed by atoms with Crippen molar-refractivity contribution in [3.63, 3.8) is 0 Å². The molecule has 0 aromatic heterocycles. The zero-order valence-corrected chi connectivity index (χ0v) is 15.3. The fraction of sp³-hybridized carbons (Fsp3) is 0.867. The van der Waals surface area contributed by atoms with Crippen molar-refractivity contribution in [2.24, 2.45) is 0 Å². The number of esters is 1. The quantitative estimate of drug-likeness (QED) is 0.610. The summed E-state index contributed by atoms with van der Waals surface area (Å²) in [4.78, 5) is 27.8. The van der Waals surface area contributed by atoms with E-state index in [-0.39, 0.29) is 36.2 Å². The molecule has 0 saturated carbocycles. The van der Waals surface area contributed by atoms with Crippen LogP contribution in [0.4, 0.5) is 0 Å². The third-order valence-electron chi connectivity index (χ3n) is 4.18. The zero-order valence-electron chi connectivity index (χ0n) is 14.4. The highest BCUT2D eigenvalue weighted by molar-refractivity contribution is 7.91. The van der Waals surface area contributed by atoms with Crippen molar-refractivity contribution in [2.75, 3.05) is 44.2 Å². The molecular formula is C15H26N2O6S. The topological polar surface area (TPSA) is 93.2 Å². The van der Waals surface area contributed by atoms with Gasteiger partial charge in [0, 0.05) is 26.2 Å². The molecule has 0 bridgehead atoms. The van der Waals surface area contributed by atoms with Crippen LogP contribution in [-0.4, -0.2) is 92.6 Å². The van der Waals surface area contributed by atoms with Crippen LogP contribution >= 0.6 is 0 Å². The van der Waals surface area contributed by atoms with Crippen LogP contribution in [0.15, 0.2) is 0 Å². The molecule has 138 valence electrons. The largest absolute Gasteiger partial charge is 0.452 e. The molecule has 0 aromatic rings. The minimum absolute atomic E-state index is 0.00303. The third kappa shape index (κ3) is 5.42. The zero-order chi connectivity index (χ0) is 17.9. The smallest absolute Gasteiger partial charge is 0.320 e. The lowest BCUT2D eigenvalue weighted by Crippen LogP contribution is -2.52. The molecule has 0 radical (unpaired) electrons. The van der Waals surface area contributed by atoms with E-state index in [9.17, 15) is 18.0 Å². The number of sulfone groups is 1. The highest BCUT2D eigenvalue weighted by atomic mass is 32.2. The number of hydrogen-bond acceptors (Lipinski definition) is 7. The third-order valence-corrected chi connectivity index (χ3v) is 5.79. The Balaban J connectivity index is 1.79. The molecular weight excluding hydrogens is 336 g/mol. The van der Waals surface area contributed by atoms with Gasteiger partial charge in [-0.1, -0.05) is 0 Å². The number of nitrogens with zero attached hydrogens (tertiary/aromatic N) is 2. The summed E-state index contributed by atoms with van der Waals surface area (Å²) in [6, 6.07) is 0. The standard InChI is InChI=1S/C15H26N2O6S/c1-11-8-17(9-12(2)22-11)15(19)13(3)23-14(18)10-16-4-6-24(20,21)7-5-16/h11-13H,4-10H2,1-3H3. The second kappa shape index (κ2) is 7.79. The van der Waals surface area contributed by atoms with Crippen LogP contribution in [0.5, 0.6) is 0 Å². The van der Waals surface area contributed by atoms with Crippen molar-refractivity contribution >= 4 is 21.7 Å². The van der Waals surface area contributed by atoms with E-state index in [2.05, 4.69) is 0 Å². The van der Waals surface area contributed by atoms with Gasteiger partial charge in [-0.05, 0) is 20.8 Å². The summed E-state index contributed by atoms with van der Waals surface area (Å²) in [5.41, 5.74) is 0. The molecule has 2 aliphatic heterocycles. The van der Waals surface area contributed by atoms with E-state index < -0.39 is 21.9 Å². The number of ether oxygens (including phenoxy) is 2. The molecule has 8 nitrogen and oxygen atoms in total. The average Bonchev–Trinajstić information content (AvgIpc) is 2.47. The van der Waals surface area contributed by atoms with Crippen molar-refractivity contribution < 1.29 is 27.5 Å². The van der Waals surface area contributed by atoms with Gasteiger partial charge in [0.25, 0.3) is 5.91 Å². The normalized spacial score (nSPS) is 29.0. The molecule has 9 heteroatoms. The Morgan fingerprint density at radius 1 is 1.17 bits per heavy atom. The Labute approximate surface area is 143 Å². The summed E-state index contributed by atoms with van der Waals surface area (Å²) in [7, 11) is -2.98. The van der Waals surface area contributed by atoms with Crippen LogP contribution in [-0.2, 0) is 28.9 Å². The van der Waals surface area contributed by atoms with Gasteiger partial charge in [0.1, 0.15) is 0 Å². The van der Waals surface area contributed by atoms with Gasteiger partial charge < -0.3 is 14.4 Å². The van der Waals surface area contributed by atoms with E-state index in [1.165, 1.54) is 0 Å². The van der Waals surface area contributed by atoms with Gasteiger partial charge in [-0.3, -0.25) is 14.5 Å². The Morgan fingerprint density at radius 3 is 2.25 bits per heavy atom. The van der Waals surface area contributed by atoms with Crippen LogP contribution in [0.2, 0.25) is 0 Å². The Kier molecular flexibility index (Phi) is 6.22. The Morgan fingerprint density at radius 2 is 1.71 bits per heavy atom. The maximum Gasteiger partial charge on any atom is 0.320 e. The van der Waals surface area contributed by atoms with E-state index >= 15 is 0 Å². The highest BCUT2D eigenvalue weighted by Gasteiger charge is 2.31. The molecule has 3 unspecified atom stereocenters. The number of hydrogen-bond donors (Lipinski definition) is 0. The first-order valence-corrected chi connectivity index (χ1v) is 10.0. The lowest BCUT2D eigenvalue weighted by atomic mass is 10.2. The summed E-state index contributed by atoms with van der Waals surface area (Å²) in [5, 5.41) is 0. The van der Waals surface area contributed by atoms with Gasteiger partial charge in [0.15, 0.2) is 15.9 Å². The van der Waals surface area contributed by atoms with E-state index in [1.807, 2.05) is 13.8 Å². The molecule has 3 atom stereocenters. The van der Waals surface area contributed by atoms with E-state index in [1.54, 1.807) is 16.7 Å². The molecule has 0 N–H and O–H groups in total. The fourth-order valence-electron chi connectivity index (χ4n) is 2.99. The second-order valence-corrected chi connectivity index (χ2v) is 8.86. The summed E-state index contributed by atoms with van der Waals surface area (Å²) >= 11 is 0. The predicted molar refractivity (Wildman–Crippen MR) is 87.2 cm³/mol. The molecule has 1 amide bonds. The van der Waals surface area contributed by atoms with Crippen molar-refractivity contribution in [2.45, 2.75) is 39.1 Å². The van der Waals surface area contributed by atoms with E-state index in [0.717, 1.165) is 0 Å². The lowest BCUT2D eigenvalue weighted by molar-refractivity contribution is -0.165. The fourth-order valence-corrected chi connectivity index (χ4v) is 4.27. The lowest BCUT2D eigenvalue weighted by Gasteiger charge is -2.36. The Bertz CT molecular complexity index is 555. The summed E-state index contributed by atoms with van der Waals surface area (Å²) in [6.45, 7) is 6.96. The van der Waals surface area contributed by atoms with E-state index in [4.69, 9.17) is 9.47 Å². The molecule has 0 spiro atoms. The van der Waals surface area contributed by atoms with Crippen LogP contribution in [0.3, 0.4) is 0 Å². The molecule has 0 aliphatic carbocycles. The van der Waals surface area contributed by atoms with Crippen molar-refractivity contribution in [3.8, 4) is 0 Å². The number of morpholine rings is 1. The van der Waals surface area contributed by atoms with E-state index in [0.29, 0.717) is 26.2 Å². The highest BCUT2D eigenvalue weighted by Crippen LogP contribution is 2.13. The minimum Gasteiger partial charge on any atom is -0.452 e. The minimum atomic E-state index is -2.98. The number of carbonyl (C=O) groups is 2. The van der Waals surface area contributed by atoms with Gasteiger partial charge >= 0.3 is 5.97 Å². The van der Waals surface area contributed by atoms with Crippen LogP contribution in [0.1, 0.15) is 20.8 Å². The summed E-state index contributed by atoms with van der Waals surface area (Å²) in [5.74, 6) is -0.632. The maximum atomic E-state index is 12.4.